The van der Waals surface area contributed by atoms with Crippen molar-refractivity contribution in [2.24, 2.45) is 11.8 Å². The van der Waals surface area contributed by atoms with E-state index in [1.807, 2.05) is 0 Å². The van der Waals surface area contributed by atoms with E-state index in [0.29, 0.717) is 7.92 Å². The molecule has 4 atom stereocenters. The highest BCUT2D eigenvalue weighted by molar-refractivity contribution is 7.58. The number of unbranched alkanes of at least 4 members (excludes halogenated alkanes) is 2. The smallest absolute Gasteiger partial charge is 0.103 e. The van der Waals surface area contributed by atoms with Gasteiger partial charge in [0.25, 0.3) is 0 Å². The van der Waals surface area contributed by atoms with E-state index in [-0.39, 0.29) is 0 Å². The molecule has 3 unspecified atom stereocenters. The van der Waals surface area contributed by atoms with E-state index in [9.17, 15) is 0 Å². The highest BCUT2D eigenvalue weighted by atomic mass is 31.1. The molecule has 1 saturated carbocycles. The van der Waals surface area contributed by atoms with Crippen LogP contribution in [-0.4, -0.2) is 24.7 Å². The highest BCUT2D eigenvalue weighted by Gasteiger charge is 2.38. The first-order valence-corrected chi connectivity index (χ1v) is 13.3. The summed E-state index contributed by atoms with van der Waals surface area (Å²) in [5.41, 5.74) is 1.19. The standard InChI is InChI=1S/C22H40BP/c1-18-17-24(22-13-5-8-19(18)16-22)15-4-2-3-14-23-20-9-6-10-21(23)12-7-11-20/h18-22H,2-17H2,1H3/t18-,19?,20?,21?,22?,24?/m0/s1. The van der Waals surface area contributed by atoms with Crippen LogP contribution in [0.15, 0.2) is 0 Å². The third-order valence-corrected chi connectivity index (χ3v) is 12.0. The monoisotopic (exact) mass is 346 g/mol. The lowest BCUT2D eigenvalue weighted by molar-refractivity contribution is 0.270. The van der Waals surface area contributed by atoms with Crippen LogP contribution in [0.1, 0.15) is 90.4 Å². The Bertz CT molecular complexity index is 375. The second-order valence-corrected chi connectivity index (χ2v) is 12.7. The second-order valence-electron chi connectivity index (χ2n) is 9.95. The maximum absolute atomic E-state index is 2.57. The fourth-order valence-electron chi connectivity index (χ4n) is 7.15. The summed E-state index contributed by atoms with van der Waals surface area (Å²) in [5, 5.41) is 0. The first kappa shape index (κ1) is 17.9. The van der Waals surface area contributed by atoms with Crippen LogP contribution in [0.2, 0.25) is 18.0 Å². The van der Waals surface area contributed by atoms with Gasteiger partial charge in [0.15, 0.2) is 0 Å². The van der Waals surface area contributed by atoms with Crippen molar-refractivity contribution in [3.8, 4) is 0 Å². The molecule has 0 N–H and O–H groups in total. The van der Waals surface area contributed by atoms with Crippen LogP contribution in [0.25, 0.3) is 0 Å². The highest BCUT2D eigenvalue weighted by Crippen LogP contribution is 2.57. The summed E-state index contributed by atoms with van der Waals surface area (Å²) >= 11 is 0. The van der Waals surface area contributed by atoms with Gasteiger partial charge in [0, 0.05) is 0 Å². The fraction of sp³-hybridized carbons (Fsp3) is 1.00. The van der Waals surface area contributed by atoms with Crippen molar-refractivity contribution >= 4 is 14.6 Å². The number of hydrogen-bond donors (Lipinski definition) is 0. The Labute approximate surface area is 153 Å². The predicted octanol–water partition coefficient (Wildman–Crippen LogP) is 7.45. The van der Waals surface area contributed by atoms with Gasteiger partial charge in [-0.05, 0) is 49.1 Å². The van der Waals surface area contributed by atoms with Crippen LogP contribution in [-0.2, 0) is 0 Å². The van der Waals surface area contributed by atoms with Crippen molar-refractivity contribution in [3.63, 3.8) is 0 Å². The average molecular weight is 346 g/mol. The van der Waals surface area contributed by atoms with Gasteiger partial charge < -0.3 is 0 Å². The Morgan fingerprint density at radius 1 is 0.833 bits per heavy atom. The molecule has 0 amide bonds. The normalized spacial score (nSPS) is 42.1. The SMILES string of the molecule is C[C@H]1CP(CCCCCB2C3CCCC2CCC3)C2CCCC1C2. The Hall–Kier alpha value is 0.495. The van der Waals surface area contributed by atoms with Gasteiger partial charge in [-0.3, -0.25) is 0 Å². The topological polar surface area (TPSA) is 0 Å². The zero-order chi connectivity index (χ0) is 16.4. The molecule has 4 fully saturated rings. The maximum Gasteiger partial charge on any atom is 0.146 e. The summed E-state index contributed by atoms with van der Waals surface area (Å²) in [4.78, 5) is 0. The zero-order valence-corrected chi connectivity index (χ0v) is 17.1. The van der Waals surface area contributed by atoms with Crippen molar-refractivity contribution < 1.29 is 0 Å². The molecule has 24 heavy (non-hydrogen) atoms. The molecule has 3 heterocycles. The summed E-state index contributed by atoms with van der Waals surface area (Å²) < 4.78 is 0. The summed E-state index contributed by atoms with van der Waals surface area (Å²) in [6.45, 7) is 3.72. The molecule has 3 saturated heterocycles. The minimum absolute atomic E-state index is 0.409. The van der Waals surface area contributed by atoms with E-state index in [1.54, 1.807) is 102 Å². The van der Waals surface area contributed by atoms with Gasteiger partial charge in [0.05, 0.1) is 0 Å². The van der Waals surface area contributed by atoms with Gasteiger partial charge in [-0.2, -0.15) is 0 Å². The van der Waals surface area contributed by atoms with Crippen molar-refractivity contribution in [1.82, 2.24) is 0 Å². The van der Waals surface area contributed by atoms with Gasteiger partial charge in [-0.1, -0.05) is 89.1 Å². The van der Waals surface area contributed by atoms with Gasteiger partial charge in [-0.25, -0.2) is 0 Å². The van der Waals surface area contributed by atoms with Gasteiger partial charge in [0.2, 0.25) is 0 Å². The number of rotatable bonds is 6. The molecule has 0 radical (unpaired) electrons. The fourth-order valence-corrected chi connectivity index (χ4v) is 10.8. The second kappa shape index (κ2) is 8.46. The molecule has 0 aromatic carbocycles. The Morgan fingerprint density at radius 3 is 2.29 bits per heavy atom. The van der Waals surface area contributed by atoms with Crippen LogP contribution in [0, 0.1) is 11.8 Å². The molecule has 0 aromatic rings. The lowest BCUT2D eigenvalue weighted by Gasteiger charge is -2.44. The largest absolute Gasteiger partial charge is 0.146 e. The molecular weight excluding hydrogens is 306 g/mol. The molecular formula is C22H40BP. The van der Waals surface area contributed by atoms with Crippen LogP contribution in [0.3, 0.4) is 0 Å². The third-order valence-electron chi connectivity index (χ3n) is 8.52. The van der Waals surface area contributed by atoms with Crippen molar-refractivity contribution in [2.45, 2.75) is 114 Å². The first-order chi connectivity index (χ1) is 11.8. The Balaban J connectivity index is 1.16. The van der Waals surface area contributed by atoms with Crippen molar-refractivity contribution in [2.75, 3.05) is 12.3 Å². The van der Waals surface area contributed by atoms with Gasteiger partial charge >= 0.3 is 0 Å². The minimum atomic E-state index is 0.409. The molecule has 3 aliphatic heterocycles. The predicted molar refractivity (Wildman–Crippen MR) is 111 cm³/mol. The molecule has 136 valence electrons. The van der Waals surface area contributed by atoms with E-state index < -0.39 is 0 Å². The third kappa shape index (κ3) is 4.08. The van der Waals surface area contributed by atoms with Gasteiger partial charge in [-0.15, -0.1) is 7.92 Å². The average Bonchev–Trinajstić information content (AvgIpc) is 2.59. The summed E-state index contributed by atoms with van der Waals surface area (Å²) in [5.74, 6) is 4.46. The lowest BCUT2D eigenvalue weighted by atomic mass is 9.26. The summed E-state index contributed by atoms with van der Waals surface area (Å²) in [7, 11) is 0.409. The van der Waals surface area contributed by atoms with Crippen LogP contribution < -0.4 is 0 Å². The van der Waals surface area contributed by atoms with Crippen molar-refractivity contribution in [3.05, 3.63) is 0 Å². The molecule has 4 aliphatic rings. The quantitative estimate of drug-likeness (QED) is 0.266. The van der Waals surface area contributed by atoms with Gasteiger partial charge in [0.1, 0.15) is 6.71 Å². The molecule has 0 spiro atoms. The maximum atomic E-state index is 2.57. The Morgan fingerprint density at radius 2 is 1.54 bits per heavy atom. The lowest BCUT2D eigenvalue weighted by Crippen LogP contribution is -2.34. The zero-order valence-electron chi connectivity index (χ0n) is 16.2. The van der Waals surface area contributed by atoms with E-state index in [0.717, 1.165) is 30.2 Å². The van der Waals surface area contributed by atoms with E-state index in [1.165, 1.54) is 5.66 Å². The first-order valence-electron chi connectivity index (χ1n) is 11.6. The Kier molecular flexibility index (Phi) is 6.30. The molecule has 2 heteroatoms. The van der Waals surface area contributed by atoms with Crippen LogP contribution in [0.5, 0.6) is 0 Å². The summed E-state index contributed by atoms with van der Waals surface area (Å²) in [6.07, 6.45) is 25.3. The van der Waals surface area contributed by atoms with Crippen molar-refractivity contribution in [1.29, 1.82) is 0 Å². The van der Waals surface area contributed by atoms with E-state index in [2.05, 4.69) is 6.92 Å². The van der Waals surface area contributed by atoms with Crippen LogP contribution >= 0.6 is 7.92 Å². The van der Waals surface area contributed by atoms with E-state index in [4.69, 9.17) is 0 Å². The molecule has 0 nitrogen and oxygen atoms in total. The summed E-state index contributed by atoms with van der Waals surface area (Å²) in [6, 6.07) is 0. The van der Waals surface area contributed by atoms with Crippen LogP contribution in [0.4, 0.5) is 0 Å². The van der Waals surface area contributed by atoms with E-state index >= 15 is 0 Å². The molecule has 4 bridgehead atoms. The number of fused-ring (bicyclic) bond motifs is 4. The number of hydrogen-bond acceptors (Lipinski definition) is 0. The molecule has 1 aliphatic carbocycles. The molecule has 0 aromatic heterocycles. The minimum Gasteiger partial charge on any atom is -0.103 e. The molecule has 4 rings (SSSR count).